The summed E-state index contributed by atoms with van der Waals surface area (Å²) in [4.78, 5) is 26.0. The quantitative estimate of drug-likeness (QED) is 0.841. The van der Waals surface area contributed by atoms with Gasteiger partial charge in [0.1, 0.15) is 11.5 Å². The first-order valence-corrected chi connectivity index (χ1v) is 9.46. The van der Waals surface area contributed by atoms with E-state index in [-0.39, 0.29) is 17.9 Å². The zero-order valence-electron chi connectivity index (χ0n) is 16.8. The van der Waals surface area contributed by atoms with E-state index in [2.05, 4.69) is 15.2 Å². The number of amides is 1. The van der Waals surface area contributed by atoms with Crippen LogP contribution in [-0.2, 0) is 6.54 Å². The molecule has 146 valence electrons. The summed E-state index contributed by atoms with van der Waals surface area (Å²) in [7, 11) is 3.82. The van der Waals surface area contributed by atoms with Crippen LogP contribution in [0.4, 0.5) is 5.95 Å². The van der Waals surface area contributed by atoms with Crippen molar-refractivity contribution in [3.8, 4) is 0 Å². The molecule has 1 amide bonds. The molecule has 7 nitrogen and oxygen atoms in total. The Morgan fingerprint density at radius 2 is 2.19 bits per heavy atom. The molecular formula is C20H29N5O2. The molecule has 1 atom stereocenters. The Labute approximate surface area is 160 Å². The van der Waals surface area contributed by atoms with Gasteiger partial charge in [0.25, 0.3) is 5.91 Å². The molecule has 2 aromatic heterocycles. The lowest BCUT2D eigenvalue weighted by Gasteiger charge is -2.19. The Hall–Kier alpha value is -2.41. The van der Waals surface area contributed by atoms with Gasteiger partial charge in [0.05, 0.1) is 17.8 Å². The molecule has 0 radical (unpaired) electrons. The zero-order chi connectivity index (χ0) is 19.6. The summed E-state index contributed by atoms with van der Waals surface area (Å²) in [5, 5.41) is 2.96. The van der Waals surface area contributed by atoms with Crippen LogP contribution in [0.3, 0.4) is 0 Å². The number of nitrogens with one attached hydrogen (secondary N) is 1. The van der Waals surface area contributed by atoms with Crippen molar-refractivity contribution in [2.24, 2.45) is 0 Å². The van der Waals surface area contributed by atoms with E-state index in [1.54, 1.807) is 6.20 Å². The van der Waals surface area contributed by atoms with E-state index in [0.29, 0.717) is 11.5 Å². The lowest BCUT2D eigenvalue weighted by atomic mass is 9.99. The third-order valence-electron chi connectivity index (χ3n) is 4.70. The van der Waals surface area contributed by atoms with Crippen LogP contribution in [-0.4, -0.2) is 54.0 Å². The second-order valence-electron chi connectivity index (χ2n) is 7.72. The van der Waals surface area contributed by atoms with Crippen molar-refractivity contribution in [3.05, 3.63) is 41.1 Å². The molecular weight excluding hydrogens is 342 g/mol. The third kappa shape index (κ3) is 4.66. The van der Waals surface area contributed by atoms with Crippen LogP contribution in [0.5, 0.6) is 0 Å². The van der Waals surface area contributed by atoms with Gasteiger partial charge in [-0.1, -0.05) is 0 Å². The minimum Gasteiger partial charge on any atom is -0.465 e. The van der Waals surface area contributed by atoms with Crippen molar-refractivity contribution >= 4 is 11.9 Å². The van der Waals surface area contributed by atoms with Crippen LogP contribution in [0.1, 0.15) is 53.8 Å². The molecule has 1 aliphatic heterocycles. The minimum absolute atomic E-state index is 0.0705. The average Bonchev–Trinajstić information content (AvgIpc) is 3.23. The molecule has 3 rings (SSSR count). The van der Waals surface area contributed by atoms with Crippen molar-refractivity contribution in [3.63, 3.8) is 0 Å². The van der Waals surface area contributed by atoms with Gasteiger partial charge in [-0.25, -0.2) is 9.97 Å². The number of hydrogen-bond acceptors (Lipinski definition) is 6. The summed E-state index contributed by atoms with van der Waals surface area (Å²) in [5.74, 6) is 2.63. The van der Waals surface area contributed by atoms with Gasteiger partial charge in [0, 0.05) is 38.8 Å². The number of aryl methyl sites for hydroxylation is 1. The number of aromatic nitrogens is 2. The second kappa shape index (κ2) is 8.08. The van der Waals surface area contributed by atoms with Crippen molar-refractivity contribution in [2.45, 2.75) is 45.7 Å². The van der Waals surface area contributed by atoms with Gasteiger partial charge in [0.2, 0.25) is 5.95 Å². The highest BCUT2D eigenvalue weighted by Gasteiger charge is 2.30. The molecule has 1 unspecified atom stereocenters. The summed E-state index contributed by atoms with van der Waals surface area (Å²) in [5.41, 5.74) is 1.42. The predicted octanol–water partition coefficient (Wildman–Crippen LogP) is 2.57. The molecule has 1 saturated heterocycles. The summed E-state index contributed by atoms with van der Waals surface area (Å²) in [6, 6.07) is 4.09. The number of rotatable bonds is 6. The molecule has 1 aliphatic rings. The smallest absolute Gasteiger partial charge is 0.254 e. The van der Waals surface area contributed by atoms with Gasteiger partial charge in [-0.3, -0.25) is 9.69 Å². The Morgan fingerprint density at radius 1 is 1.41 bits per heavy atom. The van der Waals surface area contributed by atoms with Crippen LogP contribution < -0.4 is 10.2 Å². The highest BCUT2D eigenvalue weighted by molar-refractivity contribution is 5.95. The lowest BCUT2D eigenvalue weighted by molar-refractivity contribution is 0.0940. The lowest BCUT2D eigenvalue weighted by Crippen LogP contribution is -2.32. The molecule has 0 aliphatic carbocycles. The van der Waals surface area contributed by atoms with E-state index < -0.39 is 0 Å². The Morgan fingerprint density at radius 3 is 2.81 bits per heavy atom. The number of carbonyl (C=O) groups excluding carboxylic acids is 1. The topological polar surface area (TPSA) is 74.5 Å². The molecule has 0 spiro atoms. The molecule has 3 heterocycles. The maximum Gasteiger partial charge on any atom is 0.254 e. The molecule has 2 aromatic rings. The first-order valence-electron chi connectivity index (χ1n) is 9.46. The van der Waals surface area contributed by atoms with Crippen molar-refractivity contribution in [1.82, 2.24) is 20.2 Å². The number of hydrogen-bond donors (Lipinski definition) is 1. The number of furan rings is 1. The maximum atomic E-state index is 12.7. The van der Waals surface area contributed by atoms with Gasteiger partial charge in [-0.2, -0.15) is 0 Å². The van der Waals surface area contributed by atoms with Crippen LogP contribution in [0.2, 0.25) is 0 Å². The number of carbonyl (C=O) groups is 1. The van der Waals surface area contributed by atoms with E-state index in [0.717, 1.165) is 43.3 Å². The van der Waals surface area contributed by atoms with Gasteiger partial charge in [-0.15, -0.1) is 0 Å². The molecule has 1 N–H and O–H groups in total. The molecule has 0 saturated carbocycles. The van der Waals surface area contributed by atoms with Crippen molar-refractivity contribution in [1.29, 1.82) is 0 Å². The van der Waals surface area contributed by atoms with Gasteiger partial charge in [-0.05, 0) is 45.9 Å². The van der Waals surface area contributed by atoms with Crippen molar-refractivity contribution in [2.75, 3.05) is 32.1 Å². The van der Waals surface area contributed by atoms with E-state index in [9.17, 15) is 4.79 Å². The van der Waals surface area contributed by atoms with Crippen LogP contribution in [0, 0.1) is 6.92 Å². The third-order valence-corrected chi connectivity index (χ3v) is 4.70. The van der Waals surface area contributed by atoms with E-state index in [4.69, 9.17) is 9.40 Å². The largest absolute Gasteiger partial charge is 0.465 e. The minimum atomic E-state index is -0.106. The summed E-state index contributed by atoms with van der Waals surface area (Å²) in [6.07, 6.45) is 2.62. The Balaban J connectivity index is 1.81. The van der Waals surface area contributed by atoms with Crippen LogP contribution in [0.15, 0.2) is 22.7 Å². The monoisotopic (exact) mass is 371 g/mol. The van der Waals surface area contributed by atoms with E-state index in [1.165, 1.54) is 0 Å². The highest BCUT2D eigenvalue weighted by atomic mass is 16.3. The summed E-state index contributed by atoms with van der Waals surface area (Å²) in [6.45, 7) is 8.45. The normalized spacial score (nSPS) is 17.5. The molecule has 0 aromatic carbocycles. The predicted molar refractivity (Wildman–Crippen MR) is 105 cm³/mol. The number of anilines is 1. The van der Waals surface area contributed by atoms with Gasteiger partial charge in [0.15, 0.2) is 0 Å². The zero-order valence-corrected chi connectivity index (χ0v) is 16.8. The van der Waals surface area contributed by atoms with Gasteiger partial charge < -0.3 is 14.6 Å². The number of nitrogens with zero attached hydrogens (tertiary/aromatic N) is 4. The maximum absolute atomic E-state index is 12.7. The van der Waals surface area contributed by atoms with E-state index >= 15 is 0 Å². The molecule has 27 heavy (non-hydrogen) atoms. The Kier molecular flexibility index (Phi) is 5.79. The average molecular weight is 371 g/mol. The van der Waals surface area contributed by atoms with Gasteiger partial charge >= 0.3 is 0 Å². The SMILES string of the molecule is Cc1ccc(CN2CCC(c3nc(N(C)C)ncc3C(=O)NC(C)C)C2)o1. The fourth-order valence-corrected chi connectivity index (χ4v) is 3.42. The fourth-order valence-electron chi connectivity index (χ4n) is 3.42. The van der Waals surface area contributed by atoms with Crippen molar-refractivity contribution < 1.29 is 9.21 Å². The first-order chi connectivity index (χ1) is 12.8. The second-order valence-corrected chi connectivity index (χ2v) is 7.72. The first kappa shape index (κ1) is 19.4. The number of likely N-dealkylation sites (tertiary alicyclic amines) is 1. The van der Waals surface area contributed by atoms with Crippen LogP contribution >= 0.6 is 0 Å². The summed E-state index contributed by atoms with van der Waals surface area (Å²) < 4.78 is 5.70. The van der Waals surface area contributed by atoms with E-state index in [1.807, 2.05) is 51.9 Å². The highest BCUT2D eigenvalue weighted by Crippen LogP contribution is 2.30. The standard InChI is InChI=1S/C20H29N5O2/c1-13(2)22-19(26)17-10-21-20(24(4)5)23-18(17)15-8-9-25(11-15)12-16-7-6-14(3)27-16/h6-7,10,13,15H,8-9,11-12H2,1-5H3,(H,22,26). The molecule has 1 fully saturated rings. The Bertz CT molecular complexity index is 799. The summed E-state index contributed by atoms with van der Waals surface area (Å²) >= 11 is 0. The fraction of sp³-hybridized carbons (Fsp3) is 0.550. The van der Waals surface area contributed by atoms with Crippen LogP contribution in [0.25, 0.3) is 0 Å². The molecule has 7 heteroatoms. The molecule has 0 bridgehead atoms.